The number of rotatable bonds is 5. The molecule has 0 aliphatic carbocycles. The number of carbonyl (C=O) groups is 1. The third-order valence-corrected chi connectivity index (χ3v) is 3.30. The zero-order valence-electron chi connectivity index (χ0n) is 12.5. The number of aromatic nitrogens is 2. The lowest BCUT2D eigenvalue weighted by Gasteiger charge is -2.09. The fourth-order valence-corrected chi connectivity index (χ4v) is 2.26. The minimum absolute atomic E-state index is 0.128. The molecular formula is C17H15N3O3. The van der Waals surface area contributed by atoms with Crippen molar-refractivity contribution in [3.05, 3.63) is 60.5 Å². The van der Waals surface area contributed by atoms with Crippen LogP contribution in [0.1, 0.15) is 5.56 Å². The van der Waals surface area contributed by atoms with Crippen LogP contribution in [-0.4, -0.2) is 23.2 Å². The Hall–Kier alpha value is -3.15. The average molecular weight is 309 g/mol. The summed E-state index contributed by atoms with van der Waals surface area (Å²) in [7, 11) is 1.59. The summed E-state index contributed by atoms with van der Waals surface area (Å²) in [6, 6.07) is 14.7. The predicted molar refractivity (Wildman–Crippen MR) is 85.1 cm³/mol. The summed E-state index contributed by atoms with van der Waals surface area (Å²) >= 11 is 0. The molecule has 0 spiro atoms. The number of hydrogen-bond acceptors (Lipinski definition) is 5. The minimum Gasteiger partial charge on any atom is -0.496 e. The van der Waals surface area contributed by atoms with Gasteiger partial charge in [-0.3, -0.25) is 4.79 Å². The van der Waals surface area contributed by atoms with Crippen LogP contribution < -0.4 is 10.1 Å². The van der Waals surface area contributed by atoms with E-state index in [1.54, 1.807) is 19.2 Å². The SMILES string of the molecule is COc1ccccc1CC(=O)Nc1cccc(-c2nnco2)c1. The van der Waals surface area contributed by atoms with Gasteiger partial charge in [0.25, 0.3) is 0 Å². The summed E-state index contributed by atoms with van der Waals surface area (Å²) in [6.07, 6.45) is 1.50. The minimum atomic E-state index is -0.128. The molecule has 3 aromatic rings. The topological polar surface area (TPSA) is 77.2 Å². The summed E-state index contributed by atoms with van der Waals surface area (Å²) in [4.78, 5) is 12.2. The van der Waals surface area contributed by atoms with Crippen molar-refractivity contribution in [2.75, 3.05) is 12.4 Å². The number of methoxy groups -OCH3 is 1. The van der Waals surface area contributed by atoms with E-state index in [1.807, 2.05) is 36.4 Å². The first kappa shape index (κ1) is 14.8. The molecule has 0 saturated carbocycles. The van der Waals surface area contributed by atoms with Gasteiger partial charge >= 0.3 is 0 Å². The van der Waals surface area contributed by atoms with Crippen molar-refractivity contribution >= 4 is 11.6 Å². The Bertz CT molecular complexity index is 800. The smallest absolute Gasteiger partial charge is 0.247 e. The molecule has 0 aliphatic heterocycles. The molecule has 2 aromatic carbocycles. The molecule has 116 valence electrons. The molecule has 0 radical (unpaired) electrons. The van der Waals surface area contributed by atoms with Gasteiger partial charge < -0.3 is 14.5 Å². The molecule has 1 aromatic heterocycles. The van der Waals surface area contributed by atoms with Crippen molar-refractivity contribution in [2.45, 2.75) is 6.42 Å². The molecule has 0 atom stereocenters. The summed E-state index contributed by atoms with van der Waals surface area (Å²) in [6.45, 7) is 0. The first-order valence-electron chi connectivity index (χ1n) is 7.04. The van der Waals surface area contributed by atoms with E-state index in [2.05, 4.69) is 15.5 Å². The van der Waals surface area contributed by atoms with Gasteiger partial charge in [-0.05, 0) is 24.3 Å². The standard InChI is InChI=1S/C17H15N3O3/c1-22-15-8-3-2-5-12(15)10-16(21)19-14-7-4-6-13(9-14)17-20-18-11-23-17/h2-9,11H,10H2,1H3,(H,19,21). The number of hydrogen-bond donors (Lipinski definition) is 1. The van der Waals surface area contributed by atoms with E-state index in [0.29, 0.717) is 17.3 Å². The largest absolute Gasteiger partial charge is 0.496 e. The second-order valence-corrected chi connectivity index (χ2v) is 4.86. The number of benzene rings is 2. The van der Waals surface area contributed by atoms with Gasteiger partial charge in [-0.15, -0.1) is 10.2 Å². The average Bonchev–Trinajstić information content (AvgIpc) is 3.10. The molecule has 0 aliphatic rings. The van der Waals surface area contributed by atoms with Gasteiger partial charge in [0.2, 0.25) is 18.2 Å². The first-order chi connectivity index (χ1) is 11.3. The number of amides is 1. The Morgan fingerprint density at radius 1 is 1.22 bits per heavy atom. The number of nitrogens with zero attached hydrogens (tertiary/aromatic N) is 2. The molecule has 23 heavy (non-hydrogen) atoms. The van der Waals surface area contributed by atoms with Gasteiger partial charge in [-0.1, -0.05) is 24.3 Å². The highest BCUT2D eigenvalue weighted by Gasteiger charge is 2.10. The maximum Gasteiger partial charge on any atom is 0.247 e. The third kappa shape index (κ3) is 3.55. The van der Waals surface area contributed by atoms with E-state index in [-0.39, 0.29) is 12.3 Å². The van der Waals surface area contributed by atoms with Crippen molar-refractivity contribution in [3.63, 3.8) is 0 Å². The number of ether oxygens (including phenoxy) is 1. The van der Waals surface area contributed by atoms with E-state index < -0.39 is 0 Å². The third-order valence-electron chi connectivity index (χ3n) is 3.30. The van der Waals surface area contributed by atoms with Crippen LogP contribution in [-0.2, 0) is 11.2 Å². The fourth-order valence-electron chi connectivity index (χ4n) is 2.26. The van der Waals surface area contributed by atoms with Gasteiger partial charge in [-0.25, -0.2) is 0 Å². The highest BCUT2D eigenvalue weighted by molar-refractivity contribution is 5.93. The Morgan fingerprint density at radius 3 is 2.87 bits per heavy atom. The predicted octanol–water partition coefficient (Wildman–Crippen LogP) is 2.93. The lowest BCUT2D eigenvalue weighted by atomic mass is 10.1. The maximum atomic E-state index is 12.2. The van der Waals surface area contributed by atoms with Crippen LogP contribution in [0.2, 0.25) is 0 Å². The van der Waals surface area contributed by atoms with Crippen LogP contribution in [0.15, 0.2) is 59.3 Å². The molecule has 0 bridgehead atoms. The van der Waals surface area contributed by atoms with Gasteiger partial charge in [0, 0.05) is 16.8 Å². The van der Waals surface area contributed by atoms with Gasteiger partial charge in [0.1, 0.15) is 5.75 Å². The first-order valence-corrected chi connectivity index (χ1v) is 7.04. The molecular weight excluding hydrogens is 294 g/mol. The zero-order valence-corrected chi connectivity index (χ0v) is 12.5. The lowest BCUT2D eigenvalue weighted by Crippen LogP contribution is -2.14. The van der Waals surface area contributed by atoms with E-state index in [4.69, 9.17) is 9.15 Å². The van der Waals surface area contributed by atoms with Crippen molar-refractivity contribution in [1.82, 2.24) is 10.2 Å². The summed E-state index contributed by atoms with van der Waals surface area (Å²) < 4.78 is 10.4. The molecule has 1 heterocycles. The Labute approximate surface area is 133 Å². The molecule has 0 saturated heterocycles. The summed E-state index contributed by atoms with van der Waals surface area (Å²) in [5, 5.41) is 10.4. The van der Waals surface area contributed by atoms with Crippen LogP contribution in [0.3, 0.4) is 0 Å². The van der Waals surface area contributed by atoms with E-state index in [9.17, 15) is 4.79 Å². The Kier molecular flexibility index (Phi) is 4.33. The Balaban J connectivity index is 1.72. The highest BCUT2D eigenvalue weighted by atomic mass is 16.5. The molecule has 6 heteroatoms. The van der Waals surface area contributed by atoms with Gasteiger partial charge in [-0.2, -0.15) is 0 Å². The quantitative estimate of drug-likeness (QED) is 0.784. The normalized spacial score (nSPS) is 10.3. The van der Waals surface area contributed by atoms with Gasteiger partial charge in [0.05, 0.1) is 13.5 Å². The molecule has 0 fully saturated rings. The Morgan fingerprint density at radius 2 is 2.09 bits per heavy atom. The molecule has 3 rings (SSSR count). The summed E-state index contributed by atoms with van der Waals surface area (Å²) in [5.74, 6) is 0.977. The summed E-state index contributed by atoms with van der Waals surface area (Å²) in [5.41, 5.74) is 2.25. The zero-order chi connectivity index (χ0) is 16.1. The molecule has 6 nitrogen and oxygen atoms in total. The monoisotopic (exact) mass is 309 g/mol. The number of anilines is 1. The van der Waals surface area contributed by atoms with Crippen molar-refractivity contribution in [3.8, 4) is 17.2 Å². The molecule has 1 amide bonds. The van der Waals surface area contributed by atoms with Crippen LogP contribution in [0.25, 0.3) is 11.5 Å². The fraction of sp³-hybridized carbons (Fsp3) is 0.118. The number of carbonyl (C=O) groups excluding carboxylic acids is 1. The molecule has 1 N–H and O–H groups in total. The molecule has 0 unspecified atom stereocenters. The van der Waals surface area contributed by atoms with Crippen LogP contribution in [0.4, 0.5) is 5.69 Å². The van der Waals surface area contributed by atoms with E-state index >= 15 is 0 Å². The lowest BCUT2D eigenvalue weighted by molar-refractivity contribution is -0.115. The van der Waals surface area contributed by atoms with Crippen LogP contribution >= 0.6 is 0 Å². The second-order valence-electron chi connectivity index (χ2n) is 4.86. The highest BCUT2D eigenvalue weighted by Crippen LogP contribution is 2.21. The van der Waals surface area contributed by atoms with E-state index in [0.717, 1.165) is 11.1 Å². The number of para-hydroxylation sites is 1. The van der Waals surface area contributed by atoms with Crippen LogP contribution in [0.5, 0.6) is 5.75 Å². The number of nitrogens with one attached hydrogen (secondary N) is 1. The van der Waals surface area contributed by atoms with Crippen molar-refractivity contribution in [2.24, 2.45) is 0 Å². The second kappa shape index (κ2) is 6.74. The van der Waals surface area contributed by atoms with Gasteiger partial charge in [0.15, 0.2) is 0 Å². The maximum absolute atomic E-state index is 12.2. The van der Waals surface area contributed by atoms with E-state index in [1.165, 1.54) is 6.39 Å². The van der Waals surface area contributed by atoms with Crippen molar-refractivity contribution in [1.29, 1.82) is 0 Å². The van der Waals surface area contributed by atoms with Crippen LogP contribution in [0, 0.1) is 0 Å². The van der Waals surface area contributed by atoms with Crippen molar-refractivity contribution < 1.29 is 13.9 Å².